The maximum atomic E-state index is 12.4. The molecule has 1 aliphatic rings. The molecule has 0 aromatic heterocycles. The van der Waals surface area contributed by atoms with E-state index in [0.717, 1.165) is 17.7 Å². The lowest BCUT2D eigenvalue weighted by Crippen LogP contribution is -2.33. The lowest BCUT2D eigenvalue weighted by molar-refractivity contribution is -0.121. The van der Waals surface area contributed by atoms with E-state index in [0.29, 0.717) is 13.0 Å². The summed E-state index contributed by atoms with van der Waals surface area (Å²) in [6.45, 7) is 3.85. The van der Waals surface area contributed by atoms with Crippen LogP contribution in [0.15, 0.2) is 53.4 Å². The molecule has 0 unspecified atom stereocenters. The number of para-hydroxylation sites is 1. The van der Waals surface area contributed by atoms with Crippen LogP contribution >= 0.6 is 0 Å². The van der Waals surface area contributed by atoms with Gasteiger partial charge in [0.25, 0.3) is 5.91 Å². The SMILES string of the molecule is CC[C@H](C)NS(=O)(=O)c1ccc(C(=O)OCC(=O)N2CCc3ccccc32)cc1. The Morgan fingerprint density at radius 3 is 2.52 bits per heavy atom. The van der Waals surface area contributed by atoms with Gasteiger partial charge < -0.3 is 9.64 Å². The number of fused-ring (bicyclic) bond motifs is 1. The quantitative estimate of drug-likeness (QED) is 0.700. The minimum absolute atomic E-state index is 0.0686. The first-order valence-electron chi connectivity index (χ1n) is 9.49. The molecule has 1 N–H and O–H groups in total. The van der Waals surface area contributed by atoms with Crippen molar-refractivity contribution in [2.24, 2.45) is 0 Å². The van der Waals surface area contributed by atoms with E-state index in [1.165, 1.54) is 24.3 Å². The van der Waals surface area contributed by atoms with Gasteiger partial charge in [-0.3, -0.25) is 4.79 Å². The molecule has 2 aromatic carbocycles. The molecule has 1 aliphatic heterocycles. The van der Waals surface area contributed by atoms with Gasteiger partial charge in [-0.2, -0.15) is 0 Å². The van der Waals surface area contributed by atoms with Gasteiger partial charge in [-0.25, -0.2) is 17.9 Å². The molecule has 8 heteroatoms. The average Bonchev–Trinajstić information content (AvgIpc) is 3.15. The van der Waals surface area contributed by atoms with Crippen LogP contribution in [0.5, 0.6) is 0 Å². The monoisotopic (exact) mass is 416 g/mol. The maximum Gasteiger partial charge on any atom is 0.338 e. The molecule has 0 fully saturated rings. The fraction of sp³-hybridized carbons (Fsp3) is 0.333. The molecule has 0 aliphatic carbocycles. The number of hydrogen-bond donors (Lipinski definition) is 1. The van der Waals surface area contributed by atoms with Gasteiger partial charge in [0.1, 0.15) is 0 Å². The molecule has 29 heavy (non-hydrogen) atoms. The second-order valence-electron chi connectivity index (χ2n) is 6.96. The van der Waals surface area contributed by atoms with Crippen LogP contribution in [0.2, 0.25) is 0 Å². The Bertz CT molecular complexity index is 1000. The predicted molar refractivity (Wildman–Crippen MR) is 109 cm³/mol. The van der Waals surface area contributed by atoms with Crippen molar-refractivity contribution in [3.63, 3.8) is 0 Å². The summed E-state index contributed by atoms with van der Waals surface area (Å²) < 4.78 is 32.2. The lowest BCUT2D eigenvalue weighted by atomic mass is 10.2. The van der Waals surface area contributed by atoms with Gasteiger partial charge in [0.05, 0.1) is 10.5 Å². The van der Waals surface area contributed by atoms with E-state index >= 15 is 0 Å². The van der Waals surface area contributed by atoms with Gasteiger partial charge in [0.15, 0.2) is 6.61 Å². The van der Waals surface area contributed by atoms with Gasteiger partial charge in [-0.05, 0) is 55.7 Å². The number of sulfonamides is 1. The van der Waals surface area contributed by atoms with Crippen molar-refractivity contribution in [2.75, 3.05) is 18.1 Å². The molecule has 2 aromatic rings. The van der Waals surface area contributed by atoms with Gasteiger partial charge in [-0.15, -0.1) is 0 Å². The van der Waals surface area contributed by atoms with Gasteiger partial charge in [0, 0.05) is 18.3 Å². The van der Waals surface area contributed by atoms with Crippen LogP contribution in [0.25, 0.3) is 0 Å². The van der Waals surface area contributed by atoms with E-state index in [4.69, 9.17) is 4.74 Å². The average molecular weight is 416 g/mol. The zero-order valence-electron chi connectivity index (χ0n) is 16.4. The summed E-state index contributed by atoms with van der Waals surface area (Å²) in [5.41, 5.74) is 2.12. The van der Waals surface area contributed by atoms with Gasteiger partial charge >= 0.3 is 5.97 Å². The molecule has 0 saturated heterocycles. The summed E-state index contributed by atoms with van der Waals surface area (Å²) in [6, 6.07) is 12.9. The fourth-order valence-corrected chi connectivity index (χ4v) is 4.40. The predicted octanol–water partition coefficient (Wildman–Crippen LogP) is 2.51. The molecule has 3 rings (SSSR count). The summed E-state index contributed by atoms with van der Waals surface area (Å²) in [7, 11) is -3.64. The number of nitrogens with zero attached hydrogens (tertiary/aromatic N) is 1. The number of hydrogen-bond acceptors (Lipinski definition) is 5. The molecule has 1 amide bonds. The van der Waals surface area contributed by atoms with Crippen LogP contribution in [0.3, 0.4) is 0 Å². The maximum absolute atomic E-state index is 12.4. The summed E-state index contributed by atoms with van der Waals surface area (Å²) in [4.78, 5) is 26.3. The summed E-state index contributed by atoms with van der Waals surface area (Å²) in [6.07, 6.45) is 1.44. The van der Waals surface area contributed by atoms with Crippen molar-refractivity contribution in [1.82, 2.24) is 4.72 Å². The summed E-state index contributed by atoms with van der Waals surface area (Å²) in [5, 5.41) is 0. The number of amides is 1. The molecule has 7 nitrogen and oxygen atoms in total. The molecule has 1 heterocycles. The highest BCUT2D eigenvalue weighted by molar-refractivity contribution is 7.89. The third-order valence-corrected chi connectivity index (χ3v) is 6.49. The van der Waals surface area contributed by atoms with Crippen molar-refractivity contribution in [3.8, 4) is 0 Å². The Hall–Kier alpha value is -2.71. The number of ether oxygens (including phenoxy) is 1. The van der Waals surface area contributed by atoms with E-state index in [-0.39, 0.29) is 29.0 Å². The van der Waals surface area contributed by atoms with Crippen LogP contribution in [0, 0.1) is 0 Å². The number of anilines is 1. The zero-order chi connectivity index (χ0) is 21.0. The number of benzene rings is 2. The molecule has 0 radical (unpaired) electrons. The molecule has 0 bridgehead atoms. The summed E-state index contributed by atoms with van der Waals surface area (Å²) >= 11 is 0. The van der Waals surface area contributed by atoms with Crippen LogP contribution < -0.4 is 9.62 Å². The Morgan fingerprint density at radius 1 is 1.14 bits per heavy atom. The number of carbonyl (C=O) groups excluding carboxylic acids is 2. The van der Waals surface area contributed by atoms with E-state index in [1.54, 1.807) is 11.8 Å². The molecular weight excluding hydrogens is 392 g/mol. The van der Waals surface area contributed by atoms with Crippen LogP contribution in [0.4, 0.5) is 5.69 Å². The van der Waals surface area contributed by atoms with Crippen LogP contribution in [0.1, 0.15) is 36.2 Å². The van der Waals surface area contributed by atoms with Crippen molar-refractivity contribution in [1.29, 1.82) is 0 Å². The number of esters is 1. The Balaban J connectivity index is 1.60. The van der Waals surface area contributed by atoms with E-state index in [9.17, 15) is 18.0 Å². The van der Waals surface area contributed by atoms with Crippen molar-refractivity contribution < 1.29 is 22.7 Å². The largest absolute Gasteiger partial charge is 0.452 e. The lowest BCUT2D eigenvalue weighted by Gasteiger charge is -2.17. The smallest absolute Gasteiger partial charge is 0.338 e. The molecule has 1 atom stereocenters. The van der Waals surface area contributed by atoms with Crippen molar-refractivity contribution >= 4 is 27.6 Å². The van der Waals surface area contributed by atoms with Crippen LogP contribution in [-0.4, -0.2) is 39.5 Å². The molecular formula is C21H24N2O5S. The summed E-state index contributed by atoms with van der Waals surface area (Å²) in [5.74, 6) is -0.968. The normalized spacial score (nSPS) is 14.3. The van der Waals surface area contributed by atoms with E-state index in [2.05, 4.69) is 4.72 Å². The first-order chi connectivity index (χ1) is 13.8. The number of nitrogens with one attached hydrogen (secondary N) is 1. The number of rotatable bonds is 7. The van der Waals surface area contributed by atoms with Gasteiger partial charge in [-0.1, -0.05) is 25.1 Å². The van der Waals surface area contributed by atoms with E-state index < -0.39 is 16.0 Å². The Labute approximate surface area is 170 Å². The van der Waals surface area contributed by atoms with E-state index in [1.807, 2.05) is 31.2 Å². The first-order valence-corrected chi connectivity index (χ1v) is 11.0. The second kappa shape index (κ2) is 8.75. The minimum atomic E-state index is -3.64. The highest BCUT2D eigenvalue weighted by Crippen LogP contribution is 2.27. The third kappa shape index (κ3) is 4.83. The Morgan fingerprint density at radius 2 is 1.83 bits per heavy atom. The minimum Gasteiger partial charge on any atom is -0.452 e. The molecule has 0 spiro atoms. The highest BCUT2D eigenvalue weighted by Gasteiger charge is 2.25. The second-order valence-corrected chi connectivity index (χ2v) is 8.67. The molecule has 0 saturated carbocycles. The van der Waals surface area contributed by atoms with Crippen molar-refractivity contribution in [3.05, 3.63) is 59.7 Å². The van der Waals surface area contributed by atoms with Gasteiger partial charge in [0.2, 0.25) is 10.0 Å². The molecule has 154 valence electrons. The zero-order valence-corrected chi connectivity index (χ0v) is 17.2. The fourth-order valence-electron chi connectivity index (χ4n) is 3.07. The van der Waals surface area contributed by atoms with Crippen LogP contribution in [-0.2, 0) is 26.0 Å². The first kappa shape index (κ1) is 21.0. The highest BCUT2D eigenvalue weighted by atomic mass is 32.2. The topological polar surface area (TPSA) is 92.8 Å². The third-order valence-electron chi connectivity index (χ3n) is 4.88. The standard InChI is InChI=1S/C21H24N2O5S/c1-3-15(2)22-29(26,27)18-10-8-17(9-11-18)21(25)28-14-20(24)23-13-12-16-6-4-5-7-19(16)23/h4-11,15,22H,3,12-14H2,1-2H3/t15-/m0/s1. The van der Waals surface area contributed by atoms with Crippen molar-refractivity contribution in [2.45, 2.75) is 37.6 Å². The number of carbonyl (C=O) groups is 2. The Kier molecular flexibility index (Phi) is 6.34.